The van der Waals surface area contributed by atoms with Crippen LogP contribution in [0.4, 0.5) is 4.39 Å². The summed E-state index contributed by atoms with van der Waals surface area (Å²) >= 11 is 0. The lowest BCUT2D eigenvalue weighted by Crippen LogP contribution is -2.36. The van der Waals surface area contributed by atoms with E-state index in [1.54, 1.807) is 0 Å². The Morgan fingerprint density at radius 3 is 2.88 bits per heavy atom. The van der Waals surface area contributed by atoms with Gasteiger partial charge in [-0.3, -0.25) is 4.84 Å². The van der Waals surface area contributed by atoms with Gasteiger partial charge in [0.1, 0.15) is 0 Å². The monoisotopic (exact) mass is 246 g/mol. The molecule has 0 radical (unpaired) electrons. The van der Waals surface area contributed by atoms with Gasteiger partial charge >= 0.3 is 0 Å². The minimum Gasteiger partial charge on any atom is -0.284 e. The highest BCUT2D eigenvalue weighted by molar-refractivity contribution is 7.88. The van der Waals surface area contributed by atoms with E-state index in [0.29, 0.717) is 13.0 Å². The van der Waals surface area contributed by atoms with Crippen LogP contribution in [0.5, 0.6) is 0 Å². The quantitative estimate of drug-likeness (QED) is 0.779. The molecule has 1 aromatic heterocycles. The third kappa shape index (κ3) is 2.06. The number of hydrogen-bond acceptors (Lipinski definition) is 4. The van der Waals surface area contributed by atoms with Gasteiger partial charge in [0.2, 0.25) is 5.03 Å². The van der Waals surface area contributed by atoms with Crippen molar-refractivity contribution >= 4 is 10.0 Å². The number of aromatic nitrogens is 1. The average molecular weight is 246 g/mol. The lowest BCUT2D eigenvalue weighted by molar-refractivity contribution is -0.109. The van der Waals surface area contributed by atoms with E-state index in [1.165, 1.54) is 12.3 Å². The van der Waals surface area contributed by atoms with E-state index in [-0.39, 0.29) is 6.54 Å². The van der Waals surface area contributed by atoms with Crippen LogP contribution in [0.25, 0.3) is 0 Å². The van der Waals surface area contributed by atoms with Crippen molar-refractivity contribution in [2.75, 3.05) is 13.2 Å². The Labute approximate surface area is 92.9 Å². The summed E-state index contributed by atoms with van der Waals surface area (Å²) in [7, 11) is -3.97. The van der Waals surface area contributed by atoms with Crippen LogP contribution in [0.3, 0.4) is 0 Å². The molecule has 0 amide bonds. The van der Waals surface area contributed by atoms with Crippen LogP contribution in [-0.4, -0.2) is 31.0 Å². The molecule has 0 saturated carbocycles. The van der Waals surface area contributed by atoms with Crippen molar-refractivity contribution in [3.63, 3.8) is 0 Å². The van der Waals surface area contributed by atoms with E-state index in [1.807, 2.05) is 0 Å². The second-order valence-corrected chi connectivity index (χ2v) is 5.11. The van der Waals surface area contributed by atoms with Gasteiger partial charge in [0.25, 0.3) is 10.0 Å². The first-order chi connectivity index (χ1) is 7.62. The third-order valence-corrected chi connectivity index (χ3v) is 3.82. The van der Waals surface area contributed by atoms with Gasteiger partial charge in [0.05, 0.1) is 6.61 Å². The maximum Gasteiger partial charge on any atom is 0.285 e. The van der Waals surface area contributed by atoms with Crippen molar-refractivity contribution in [3.8, 4) is 0 Å². The summed E-state index contributed by atoms with van der Waals surface area (Å²) in [5.74, 6) is -0.864. The molecule has 1 aliphatic heterocycles. The molecule has 1 saturated heterocycles. The molecular weight excluding hydrogens is 235 g/mol. The largest absolute Gasteiger partial charge is 0.285 e. The molecule has 1 aromatic rings. The zero-order valence-electron chi connectivity index (χ0n) is 8.47. The van der Waals surface area contributed by atoms with E-state index in [4.69, 9.17) is 4.84 Å². The molecule has 0 bridgehead atoms. The Kier molecular flexibility index (Phi) is 3.17. The van der Waals surface area contributed by atoms with Crippen LogP contribution in [0, 0.1) is 5.82 Å². The third-order valence-electron chi connectivity index (χ3n) is 2.21. The van der Waals surface area contributed by atoms with Crippen LogP contribution in [0.15, 0.2) is 23.4 Å². The standard InChI is InChI=1S/C9H11FN2O3S/c10-8-4-3-5-11-9(8)16(13,14)12-6-1-2-7-15-12/h3-5H,1-2,6-7H2. The fourth-order valence-corrected chi connectivity index (χ4v) is 2.71. The van der Waals surface area contributed by atoms with Crippen molar-refractivity contribution in [3.05, 3.63) is 24.1 Å². The number of pyridine rings is 1. The molecule has 0 aromatic carbocycles. The summed E-state index contributed by atoms with van der Waals surface area (Å²) in [6, 6.07) is 2.40. The minimum atomic E-state index is -3.97. The number of nitrogens with zero attached hydrogens (tertiary/aromatic N) is 2. The van der Waals surface area contributed by atoms with Crippen molar-refractivity contribution in [1.82, 2.24) is 9.45 Å². The highest BCUT2D eigenvalue weighted by Crippen LogP contribution is 2.19. The highest BCUT2D eigenvalue weighted by atomic mass is 32.2. The van der Waals surface area contributed by atoms with Crippen LogP contribution in [-0.2, 0) is 14.9 Å². The second-order valence-electron chi connectivity index (χ2n) is 3.36. The van der Waals surface area contributed by atoms with E-state index in [0.717, 1.165) is 17.0 Å². The van der Waals surface area contributed by atoms with E-state index in [9.17, 15) is 12.8 Å². The molecule has 0 spiro atoms. The lowest BCUT2D eigenvalue weighted by Gasteiger charge is -2.24. The molecule has 1 fully saturated rings. The summed E-state index contributed by atoms with van der Waals surface area (Å²) in [4.78, 5) is 8.53. The van der Waals surface area contributed by atoms with Crippen LogP contribution in [0.2, 0.25) is 0 Å². The molecule has 1 aliphatic rings. The fraction of sp³-hybridized carbons (Fsp3) is 0.444. The highest BCUT2D eigenvalue weighted by Gasteiger charge is 2.31. The van der Waals surface area contributed by atoms with Crippen LogP contribution >= 0.6 is 0 Å². The van der Waals surface area contributed by atoms with Gasteiger partial charge in [-0.25, -0.2) is 17.8 Å². The molecule has 0 aliphatic carbocycles. The summed E-state index contributed by atoms with van der Waals surface area (Å²) in [6.07, 6.45) is 2.74. The predicted octanol–water partition coefficient (Wildman–Crippen LogP) is 0.937. The molecule has 16 heavy (non-hydrogen) atoms. The smallest absolute Gasteiger partial charge is 0.284 e. The number of hydroxylamine groups is 1. The summed E-state index contributed by atoms with van der Waals surface area (Å²) in [6.45, 7) is 0.562. The number of halogens is 1. The van der Waals surface area contributed by atoms with Crippen molar-refractivity contribution in [2.45, 2.75) is 17.9 Å². The second kappa shape index (κ2) is 4.44. The molecule has 7 heteroatoms. The zero-order chi connectivity index (χ0) is 11.6. The molecule has 2 rings (SSSR count). The van der Waals surface area contributed by atoms with Gasteiger partial charge in [-0.2, -0.15) is 0 Å². The van der Waals surface area contributed by atoms with E-state index in [2.05, 4.69) is 4.98 Å². The average Bonchev–Trinajstić information content (AvgIpc) is 2.30. The Morgan fingerprint density at radius 2 is 2.25 bits per heavy atom. The van der Waals surface area contributed by atoms with Crippen LogP contribution < -0.4 is 0 Å². The van der Waals surface area contributed by atoms with Gasteiger partial charge in [-0.1, -0.05) is 4.47 Å². The van der Waals surface area contributed by atoms with Gasteiger partial charge in [0.15, 0.2) is 5.82 Å². The first kappa shape index (κ1) is 11.4. The van der Waals surface area contributed by atoms with E-state index >= 15 is 0 Å². The topological polar surface area (TPSA) is 59.5 Å². The first-order valence-electron chi connectivity index (χ1n) is 4.88. The molecule has 0 atom stereocenters. The van der Waals surface area contributed by atoms with Gasteiger partial charge in [-0.05, 0) is 25.0 Å². The minimum absolute atomic E-state index is 0.234. The normalized spacial score (nSPS) is 18.6. The Bertz CT molecular complexity index is 471. The molecule has 2 heterocycles. The molecular formula is C9H11FN2O3S. The maximum atomic E-state index is 13.3. The Morgan fingerprint density at radius 1 is 1.44 bits per heavy atom. The summed E-state index contributed by atoms with van der Waals surface area (Å²) in [5, 5.41) is -0.586. The lowest BCUT2D eigenvalue weighted by atomic mass is 10.3. The van der Waals surface area contributed by atoms with Crippen LogP contribution in [0.1, 0.15) is 12.8 Å². The summed E-state index contributed by atoms with van der Waals surface area (Å²) < 4.78 is 37.9. The SMILES string of the molecule is O=S(=O)(c1ncccc1F)N1CCCCO1. The number of rotatable bonds is 2. The fourth-order valence-electron chi connectivity index (χ4n) is 1.42. The number of hydrogen-bond donors (Lipinski definition) is 0. The van der Waals surface area contributed by atoms with Crippen molar-refractivity contribution in [1.29, 1.82) is 0 Å². The molecule has 0 unspecified atom stereocenters. The molecule has 5 nitrogen and oxygen atoms in total. The maximum absolute atomic E-state index is 13.3. The first-order valence-corrected chi connectivity index (χ1v) is 6.32. The van der Waals surface area contributed by atoms with E-state index < -0.39 is 20.9 Å². The van der Waals surface area contributed by atoms with Gasteiger partial charge < -0.3 is 0 Å². The Hall–Kier alpha value is -1.05. The zero-order valence-corrected chi connectivity index (χ0v) is 9.28. The summed E-state index contributed by atoms with van der Waals surface area (Å²) in [5.41, 5.74) is 0. The Balaban J connectivity index is 2.35. The van der Waals surface area contributed by atoms with Gasteiger partial charge in [0, 0.05) is 12.7 Å². The van der Waals surface area contributed by atoms with Crippen molar-refractivity contribution < 1.29 is 17.6 Å². The molecule has 88 valence electrons. The van der Waals surface area contributed by atoms with Crippen molar-refractivity contribution in [2.24, 2.45) is 0 Å². The number of sulfonamides is 1. The molecule has 0 N–H and O–H groups in total. The van der Waals surface area contributed by atoms with Gasteiger partial charge in [-0.15, -0.1) is 0 Å². The predicted molar refractivity (Wildman–Crippen MR) is 53.3 cm³/mol.